The van der Waals surface area contributed by atoms with E-state index in [0.29, 0.717) is 6.54 Å². The number of nitrogens with zero attached hydrogens (tertiary/aromatic N) is 1. The molecular weight excluding hydrogens is 386 g/mol. The molecule has 170 valence electrons. The van der Waals surface area contributed by atoms with Crippen molar-refractivity contribution in [3.8, 4) is 5.75 Å². The lowest BCUT2D eigenvalue weighted by atomic mass is 10.0. The number of hydrogen-bond donors (Lipinski definition) is 2. The second-order valence-electron chi connectivity index (χ2n) is 7.91. The van der Waals surface area contributed by atoms with Gasteiger partial charge in [0.2, 0.25) is 5.91 Å². The molecule has 0 aliphatic rings. The highest BCUT2D eigenvalue weighted by Crippen LogP contribution is 2.23. The van der Waals surface area contributed by atoms with Crippen LogP contribution in [0.1, 0.15) is 46.2 Å². The summed E-state index contributed by atoms with van der Waals surface area (Å²) in [7, 11) is 3.11. The van der Waals surface area contributed by atoms with Crippen molar-refractivity contribution in [1.82, 2.24) is 15.5 Å². The van der Waals surface area contributed by atoms with Gasteiger partial charge in [-0.05, 0) is 51.6 Å². The van der Waals surface area contributed by atoms with Crippen LogP contribution in [0.15, 0.2) is 24.3 Å². The predicted molar refractivity (Wildman–Crippen MR) is 117 cm³/mol. The van der Waals surface area contributed by atoms with Gasteiger partial charge < -0.3 is 24.8 Å². The zero-order valence-electron chi connectivity index (χ0n) is 19.3. The summed E-state index contributed by atoms with van der Waals surface area (Å²) in [5.41, 5.74) is 0.389. The third-order valence-electron chi connectivity index (χ3n) is 4.54. The number of hydrogen-bond acceptors (Lipinski definition) is 6. The smallest absolute Gasteiger partial charge is 0.408 e. The molecule has 0 bridgehead atoms. The van der Waals surface area contributed by atoms with Crippen LogP contribution in [-0.4, -0.2) is 69.0 Å². The molecule has 8 nitrogen and oxygen atoms in total. The van der Waals surface area contributed by atoms with Gasteiger partial charge in [0.05, 0.1) is 19.8 Å². The number of nitrogens with one attached hydrogen (secondary N) is 2. The first kappa shape index (κ1) is 25.7. The number of likely N-dealkylation sites (N-methyl/N-ethyl adjacent to an activating group) is 1. The monoisotopic (exact) mass is 423 g/mol. The van der Waals surface area contributed by atoms with E-state index in [0.717, 1.165) is 24.4 Å². The maximum absolute atomic E-state index is 12.8. The fourth-order valence-corrected chi connectivity index (χ4v) is 3.09. The van der Waals surface area contributed by atoms with Crippen LogP contribution < -0.4 is 15.4 Å². The molecule has 0 heterocycles. The van der Waals surface area contributed by atoms with Gasteiger partial charge in [0.1, 0.15) is 17.4 Å². The second kappa shape index (κ2) is 12.4. The lowest BCUT2D eigenvalue weighted by Gasteiger charge is -2.31. The van der Waals surface area contributed by atoms with E-state index in [-0.39, 0.29) is 18.6 Å². The Kier molecular flexibility index (Phi) is 10.6. The van der Waals surface area contributed by atoms with E-state index < -0.39 is 17.7 Å². The van der Waals surface area contributed by atoms with Gasteiger partial charge in [-0.15, -0.1) is 0 Å². The maximum atomic E-state index is 12.8. The van der Waals surface area contributed by atoms with Crippen molar-refractivity contribution in [2.24, 2.45) is 0 Å². The van der Waals surface area contributed by atoms with Crippen LogP contribution in [0, 0.1) is 0 Å². The van der Waals surface area contributed by atoms with Crippen LogP contribution in [0.3, 0.4) is 0 Å². The van der Waals surface area contributed by atoms with Crippen molar-refractivity contribution >= 4 is 12.0 Å². The van der Waals surface area contributed by atoms with E-state index in [4.69, 9.17) is 14.2 Å². The minimum absolute atomic E-state index is 0.0382. The molecule has 1 aromatic rings. The number of amides is 2. The molecule has 2 N–H and O–H groups in total. The summed E-state index contributed by atoms with van der Waals surface area (Å²) in [4.78, 5) is 27.1. The number of carbonyl (C=O) groups excluding carboxylic acids is 2. The molecule has 0 aliphatic heterocycles. The Labute approximate surface area is 180 Å². The van der Waals surface area contributed by atoms with Gasteiger partial charge in [-0.1, -0.05) is 26.0 Å². The molecule has 30 heavy (non-hydrogen) atoms. The van der Waals surface area contributed by atoms with E-state index >= 15 is 0 Å². The third-order valence-corrected chi connectivity index (χ3v) is 4.54. The van der Waals surface area contributed by atoms with Crippen LogP contribution >= 0.6 is 0 Å². The highest BCUT2D eigenvalue weighted by molar-refractivity contribution is 5.85. The van der Waals surface area contributed by atoms with Crippen molar-refractivity contribution < 1.29 is 23.8 Å². The Balaban J connectivity index is 2.90. The second-order valence-corrected chi connectivity index (χ2v) is 7.91. The van der Waals surface area contributed by atoms with Gasteiger partial charge in [0.15, 0.2) is 0 Å². The molecule has 0 saturated carbocycles. The van der Waals surface area contributed by atoms with Crippen molar-refractivity contribution in [2.45, 2.75) is 52.3 Å². The molecule has 0 radical (unpaired) electrons. The molecule has 0 spiro atoms. The lowest BCUT2D eigenvalue weighted by molar-refractivity contribution is -0.124. The predicted octanol–water partition coefficient (Wildman–Crippen LogP) is 2.73. The lowest BCUT2D eigenvalue weighted by Crippen LogP contribution is -2.51. The minimum Gasteiger partial charge on any atom is -0.497 e. The van der Waals surface area contributed by atoms with Crippen LogP contribution in [0.4, 0.5) is 4.79 Å². The van der Waals surface area contributed by atoms with E-state index in [1.54, 1.807) is 27.9 Å². The van der Waals surface area contributed by atoms with E-state index in [9.17, 15) is 9.59 Å². The van der Waals surface area contributed by atoms with Gasteiger partial charge in [-0.25, -0.2) is 4.79 Å². The van der Waals surface area contributed by atoms with Gasteiger partial charge in [0, 0.05) is 13.7 Å². The molecule has 2 atom stereocenters. The molecule has 1 aromatic carbocycles. The number of ether oxygens (including phenoxy) is 3. The van der Waals surface area contributed by atoms with Gasteiger partial charge >= 0.3 is 6.09 Å². The van der Waals surface area contributed by atoms with E-state index in [1.165, 1.54) is 7.11 Å². The van der Waals surface area contributed by atoms with Gasteiger partial charge in [-0.2, -0.15) is 0 Å². The molecule has 0 aliphatic carbocycles. The normalized spacial score (nSPS) is 13.5. The Hall–Kier alpha value is -2.32. The molecule has 0 fully saturated rings. The largest absolute Gasteiger partial charge is 0.497 e. The highest BCUT2D eigenvalue weighted by atomic mass is 16.6. The highest BCUT2D eigenvalue weighted by Gasteiger charge is 2.26. The van der Waals surface area contributed by atoms with Crippen molar-refractivity contribution in [3.05, 3.63) is 29.8 Å². The first-order valence-corrected chi connectivity index (χ1v) is 10.3. The van der Waals surface area contributed by atoms with E-state index in [2.05, 4.69) is 29.4 Å². The number of methoxy groups -OCH3 is 2. The van der Waals surface area contributed by atoms with Crippen LogP contribution in [0.5, 0.6) is 5.75 Å². The molecule has 0 saturated heterocycles. The summed E-state index contributed by atoms with van der Waals surface area (Å²) in [5.74, 6) is 0.433. The van der Waals surface area contributed by atoms with Crippen molar-refractivity contribution in [1.29, 1.82) is 0 Å². The fraction of sp³-hybridized carbons (Fsp3) is 0.636. The molecule has 1 rings (SSSR count). The summed E-state index contributed by atoms with van der Waals surface area (Å²) in [6.45, 7) is 11.5. The first-order chi connectivity index (χ1) is 14.1. The van der Waals surface area contributed by atoms with Crippen molar-refractivity contribution in [2.75, 3.05) is 40.5 Å². The van der Waals surface area contributed by atoms with E-state index in [1.807, 2.05) is 24.3 Å². The zero-order chi connectivity index (χ0) is 22.7. The van der Waals surface area contributed by atoms with Gasteiger partial charge in [0.25, 0.3) is 0 Å². The van der Waals surface area contributed by atoms with Gasteiger partial charge in [-0.3, -0.25) is 9.69 Å². The van der Waals surface area contributed by atoms with Crippen LogP contribution in [0.2, 0.25) is 0 Å². The average molecular weight is 424 g/mol. The topological polar surface area (TPSA) is 89.1 Å². The number of alkyl carbamates (subject to hydrolysis) is 1. The summed E-state index contributed by atoms with van der Waals surface area (Å²) >= 11 is 0. The molecule has 0 unspecified atom stereocenters. The number of carbonyl (C=O) groups is 2. The minimum atomic E-state index is -0.854. The van der Waals surface area contributed by atoms with Crippen molar-refractivity contribution in [3.63, 3.8) is 0 Å². The third kappa shape index (κ3) is 8.59. The SMILES string of the molecule is CCN(CC)[C@@H](CNC(=O)[C@@H](COC)NC(=O)OC(C)(C)C)c1cccc(OC)c1. The molecular formula is C22H37N3O5. The summed E-state index contributed by atoms with van der Waals surface area (Å²) in [6.07, 6.45) is -0.659. The molecule has 0 aromatic heterocycles. The summed E-state index contributed by atoms with van der Waals surface area (Å²) < 4.78 is 15.7. The fourth-order valence-electron chi connectivity index (χ4n) is 3.09. The maximum Gasteiger partial charge on any atom is 0.408 e. The Morgan fingerprint density at radius 1 is 1.13 bits per heavy atom. The summed E-state index contributed by atoms with van der Waals surface area (Å²) in [6, 6.07) is 6.92. The Bertz CT molecular complexity index is 671. The van der Waals surface area contributed by atoms with Crippen LogP contribution in [-0.2, 0) is 14.3 Å². The Morgan fingerprint density at radius 3 is 2.33 bits per heavy atom. The quantitative estimate of drug-likeness (QED) is 0.569. The average Bonchev–Trinajstić information content (AvgIpc) is 2.69. The zero-order valence-corrected chi connectivity index (χ0v) is 19.3. The Morgan fingerprint density at radius 2 is 1.80 bits per heavy atom. The van der Waals surface area contributed by atoms with Crippen LogP contribution in [0.25, 0.3) is 0 Å². The summed E-state index contributed by atoms with van der Waals surface area (Å²) in [5, 5.41) is 5.53. The molecule has 2 amide bonds. The standard InChI is InChI=1S/C22H37N3O5/c1-8-25(9-2)19(16-11-10-12-17(13-16)29-7)14-23-20(26)18(15-28-6)24-21(27)30-22(3,4)5/h10-13,18-19H,8-9,14-15H2,1-7H3,(H,23,26)(H,24,27)/t18-,19+/m1/s1. The molecule has 8 heteroatoms. The number of rotatable bonds is 11. The number of benzene rings is 1. The first-order valence-electron chi connectivity index (χ1n) is 10.3.